The van der Waals surface area contributed by atoms with Gasteiger partial charge in [0.1, 0.15) is 60.1 Å². The summed E-state index contributed by atoms with van der Waals surface area (Å²) in [7, 11) is 1.80. The number of primary amides is 1. The standard InChI is InChI=1S/C53H79N15O15S2/c1-27(2)20-35-47(77)64-36(23-41(56)70)48(78)65-37(24-42(71)72)49(79)61-34(13-9-19-59-53(57)58)45(75)60-28(3)43(73)67-39(51(81)66-38(52(82)83)22-30-14-16-31(69)17-15-30)25-84-85-26-40(50(80)62-33(46(76)63-35)12-7-8-18-54)68-44(74)32(55)21-29-10-5-4-6-11-29/h4-6,10-11,14-17,27-28,32-40,69H,7-9,12-13,18-26,54-55H2,1-3H3,(H2,56,70)(H,60,75)(H,61,79)(H,62,80)(H,63,76)(H,64,77)(H,65,78)(H,66,81)(H,67,73)(H,68,74)(H,71,72)(H,82,83)(H4,57,58,59). The van der Waals surface area contributed by atoms with Crippen molar-refractivity contribution in [2.45, 2.75) is 145 Å². The number of nitrogens with two attached hydrogens (primary N) is 5. The smallest absolute Gasteiger partial charge is 0.326 e. The Labute approximate surface area is 498 Å². The molecular formula is C53H79N15O15S2. The second-order valence-corrected chi connectivity index (χ2v) is 23.0. The molecule has 0 radical (unpaired) electrons. The molecule has 0 bridgehead atoms. The lowest BCUT2D eigenvalue weighted by atomic mass is 10.0. The number of guanidine groups is 1. The van der Waals surface area contributed by atoms with Gasteiger partial charge in [-0.1, -0.05) is 77.9 Å². The minimum atomic E-state index is -2.01. The Kier molecular flexibility index (Phi) is 30.5. The minimum absolute atomic E-state index is 0.0131. The summed E-state index contributed by atoms with van der Waals surface area (Å²) in [6, 6.07) is -1.64. The second kappa shape index (κ2) is 36.5. The van der Waals surface area contributed by atoms with Crippen LogP contribution in [0.5, 0.6) is 5.75 Å². The van der Waals surface area contributed by atoms with Crippen molar-refractivity contribution >= 4 is 98.6 Å². The third-order valence-electron chi connectivity index (χ3n) is 12.7. The van der Waals surface area contributed by atoms with Crippen LogP contribution in [0.3, 0.4) is 0 Å². The predicted molar refractivity (Wildman–Crippen MR) is 314 cm³/mol. The van der Waals surface area contributed by atoms with E-state index in [2.05, 4.69) is 52.8 Å². The highest BCUT2D eigenvalue weighted by molar-refractivity contribution is 8.76. The number of aliphatic imine (C=N–C) groups is 1. The van der Waals surface area contributed by atoms with Gasteiger partial charge in [-0.05, 0) is 87.6 Å². The van der Waals surface area contributed by atoms with E-state index in [-0.39, 0.29) is 87.2 Å². The van der Waals surface area contributed by atoms with Crippen LogP contribution >= 0.6 is 21.6 Å². The van der Waals surface area contributed by atoms with E-state index in [1.54, 1.807) is 44.2 Å². The Morgan fingerprint density at radius 2 is 1.18 bits per heavy atom. The number of carboxylic acids is 2. The maximum atomic E-state index is 14.5. The summed E-state index contributed by atoms with van der Waals surface area (Å²) in [4.78, 5) is 168. The van der Waals surface area contributed by atoms with Crippen molar-refractivity contribution in [2.24, 2.45) is 39.6 Å². The van der Waals surface area contributed by atoms with E-state index in [0.717, 1.165) is 21.6 Å². The number of carbonyl (C=O) groups is 12. The third kappa shape index (κ3) is 26.5. The van der Waals surface area contributed by atoms with E-state index in [0.29, 0.717) is 17.5 Å². The lowest BCUT2D eigenvalue weighted by Gasteiger charge is -2.28. The molecule has 3 rings (SSSR count). The molecule has 0 aromatic heterocycles. The predicted octanol–water partition coefficient (Wildman–Crippen LogP) is -4.05. The summed E-state index contributed by atoms with van der Waals surface area (Å²) in [5, 5.41) is 52.0. The first-order valence-electron chi connectivity index (χ1n) is 27.2. The molecule has 1 fully saturated rings. The zero-order chi connectivity index (χ0) is 63.3. The van der Waals surface area contributed by atoms with Crippen LogP contribution in [0.1, 0.15) is 83.3 Å². The molecule has 0 aliphatic carbocycles. The number of rotatable bonds is 23. The summed E-state index contributed by atoms with van der Waals surface area (Å²) in [6.45, 7) is 4.70. The number of nitrogens with one attached hydrogen (secondary N) is 9. The van der Waals surface area contributed by atoms with Gasteiger partial charge in [0.15, 0.2) is 5.96 Å². The number of amides is 10. The van der Waals surface area contributed by atoms with E-state index in [9.17, 15) is 72.9 Å². The fraction of sp³-hybridized carbons (Fsp3) is 0.528. The number of phenolic OH excluding ortho intramolecular Hbond substituents is 1. The number of benzene rings is 2. The van der Waals surface area contributed by atoms with Crippen molar-refractivity contribution in [1.82, 2.24) is 47.9 Å². The average molecular weight is 1230 g/mol. The first kappa shape index (κ1) is 71.0. The van der Waals surface area contributed by atoms with Crippen LogP contribution in [0.15, 0.2) is 59.6 Å². The monoisotopic (exact) mass is 1230 g/mol. The van der Waals surface area contributed by atoms with Gasteiger partial charge in [-0.3, -0.25) is 57.7 Å². The van der Waals surface area contributed by atoms with Gasteiger partial charge >= 0.3 is 11.9 Å². The van der Waals surface area contributed by atoms with Crippen LogP contribution in [-0.2, 0) is 70.4 Å². The van der Waals surface area contributed by atoms with Gasteiger partial charge in [0.05, 0.1) is 18.9 Å². The van der Waals surface area contributed by atoms with Gasteiger partial charge in [0, 0.05) is 24.5 Å². The molecule has 0 spiro atoms. The van der Waals surface area contributed by atoms with E-state index < -0.39 is 144 Å². The fourth-order valence-corrected chi connectivity index (χ4v) is 10.6. The quantitative estimate of drug-likeness (QED) is 0.0218. The Balaban J connectivity index is 2.21. The van der Waals surface area contributed by atoms with Crippen molar-refractivity contribution in [1.29, 1.82) is 0 Å². The second-order valence-electron chi connectivity index (χ2n) is 20.4. The van der Waals surface area contributed by atoms with Crippen molar-refractivity contribution in [3.63, 3.8) is 0 Å². The zero-order valence-corrected chi connectivity index (χ0v) is 49.0. The van der Waals surface area contributed by atoms with Crippen LogP contribution in [0.2, 0.25) is 0 Å². The molecule has 22 N–H and O–H groups in total. The maximum Gasteiger partial charge on any atom is 0.326 e. The van der Waals surface area contributed by atoms with Crippen molar-refractivity contribution < 1.29 is 72.9 Å². The van der Waals surface area contributed by atoms with Gasteiger partial charge in [-0.25, -0.2) is 4.79 Å². The minimum Gasteiger partial charge on any atom is -0.508 e. The lowest BCUT2D eigenvalue weighted by Crippen LogP contribution is -2.61. The normalized spacial score (nSPS) is 22.5. The van der Waals surface area contributed by atoms with Gasteiger partial charge in [0.2, 0.25) is 59.1 Å². The highest BCUT2D eigenvalue weighted by Gasteiger charge is 2.37. The van der Waals surface area contributed by atoms with Gasteiger partial charge in [-0.2, -0.15) is 0 Å². The number of unbranched alkanes of at least 4 members (excludes halogenated alkanes) is 1. The van der Waals surface area contributed by atoms with Gasteiger partial charge < -0.3 is 91.8 Å². The van der Waals surface area contributed by atoms with Crippen molar-refractivity contribution in [3.8, 4) is 5.75 Å². The number of phenols is 1. The van der Waals surface area contributed by atoms with Gasteiger partial charge in [0.25, 0.3) is 0 Å². The molecule has 468 valence electrons. The molecule has 10 atom stereocenters. The molecule has 1 heterocycles. The number of carboxylic acid groups (broad SMARTS) is 2. The van der Waals surface area contributed by atoms with E-state index in [1.807, 2.05) is 0 Å². The highest BCUT2D eigenvalue weighted by Crippen LogP contribution is 2.24. The Hall–Kier alpha value is -8.23. The topological polar surface area (TPSA) is 516 Å². The molecule has 0 saturated carbocycles. The van der Waals surface area contributed by atoms with Crippen LogP contribution in [0, 0.1) is 5.92 Å². The number of carbonyl (C=O) groups excluding carboxylic acids is 10. The molecule has 10 amide bonds. The molecule has 2 aromatic carbocycles. The molecule has 1 aliphatic heterocycles. The molecular weight excluding hydrogens is 1150 g/mol. The van der Waals surface area contributed by atoms with Crippen LogP contribution in [0.25, 0.3) is 0 Å². The van der Waals surface area contributed by atoms with E-state index in [4.69, 9.17) is 28.7 Å². The van der Waals surface area contributed by atoms with E-state index >= 15 is 0 Å². The van der Waals surface area contributed by atoms with Crippen molar-refractivity contribution in [2.75, 3.05) is 24.6 Å². The first-order valence-corrected chi connectivity index (χ1v) is 29.7. The summed E-state index contributed by atoms with van der Waals surface area (Å²) >= 11 is 0. The Morgan fingerprint density at radius 3 is 1.75 bits per heavy atom. The number of hydrogen-bond donors (Lipinski definition) is 17. The average Bonchev–Trinajstić information content (AvgIpc) is 3.63. The number of nitrogens with zero attached hydrogens (tertiary/aromatic N) is 1. The number of aliphatic carboxylic acids is 2. The first-order chi connectivity index (χ1) is 40.2. The molecule has 32 heteroatoms. The Morgan fingerprint density at radius 1 is 0.647 bits per heavy atom. The molecule has 85 heavy (non-hydrogen) atoms. The third-order valence-corrected chi connectivity index (χ3v) is 15.2. The Bertz CT molecular complexity index is 2670. The van der Waals surface area contributed by atoms with Crippen LogP contribution in [-0.4, -0.2) is 177 Å². The maximum absolute atomic E-state index is 14.5. The summed E-state index contributed by atoms with van der Waals surface area (Å²) < 4.78 is 0. The fourth-order valence-electron chi connectivity index (χ4n) is 8.25. The molecule has 1 saturated heterocycles. The summed E-state index contributed by atoms with van der Waals surface area (Å²) in [5.74, 6) is -15.0. The highest BCUT2D eigenvalue weighted by atomic mass is 33.1. The van der Waals surface area contributed by atoms with Crippen LogP contribution < -0.4 is 76.5 Å². The summed E-state index contributed by atoms with van der Waals surface area (Å²) in [5.41, 5.74) is 29.6. The number of aromatic hydroxyl groups is 1. The zero-order valence-electron chi connectivity index (χ0n) is 47.3. The van der Waals surface area contributed by atoms with Crippen molar-refractivity contribution in [3.05, 3.63) is 65.7 Å². The molecule has 1 aliphatic rings. The van der Waals surface area contributed by atoms with Crippen LogP contribution in [0.4, 0.5) is 0 Å². The SMILES string of the molecule is CC(C)CC1NC(=O)C(CCCCN)NC(=O)C(NC(=O)C(N)Cc2ccccc2)CSSCC(C(=O)NC(Cc2ccc(O)cc2)C(=O)O)NC(=O)C(C)NC(=O)C(CCCN=C(N)N)NC(=O)C(CC(=O)O)NC(=O)C(CC(N)=O)NC1=O. The number of hydrogen-bond acceptors (Lipinski definition) is 18. The molecule has 10 unspecified atom stereocenters. The summed E-state index contributed by atoms with van der Waals surface area (Å²) in [6.07, 6.45) is -2.07. The van der Waals surface area contributed by atoms with Gasteiger partial charge in [-0.15, -0.1) is 0 Å². The lowest BCUT2D eigenvalue weighted by molar-refractivity contribution is -0.142. The molecule has 30 nitrogen and oxygen atoms in total. The molecule has 2 aromatic rings. The largest absolute Gasteiger partial charge is 0.508 e. The van der Waals surface area contributed by atoms with E-state index in [1.165, 1.54) is 31.2 Å².